The summed E-state index contributed by atoms with van der Waals surface area (Å²) in [6, 6.07) is 5.82. The number of aliphatic hydroxyl groups excluding tert-OH is 1. The van der Waals surface area contributed by atoms with Crippen LogP contribution in [0.25, 0.3) is 0 Å². The monoisotopic (exact) mass is 286 g/mol. The van der Waals surface area contributed by atoms with Gasteiger partial charge in [0.05, 0.1) is 5.56 Å². The van der Waals surface area contributed by atoms with Crippen LogP contribution in [0.1, 0.15) is 21.7 Å². The number of hydrogen-bond acceptors (Lipinski definition) is 6. The molecule has 0 radical (unpaired) electrons. The number of ether oxygens (including phenoxy) is 2. The molecule has 0 fully saturated rings. The molecule has 1 aliphatic heterocycles. The van der Waals surface area contributed by atoms with Crippen molar-refractivity contribution in [2.75, 3.05) is 13.4 Å². The maximum Gasteiger partial charge on any atom is 0.231 e. The highest BCUT2D eigenvalue weighted by Gasteiger charge is 2.13. The Hall–Kier alpha value is -2.47. The SMILES string of the molecule is O=C(CO)c1cnc(CCc2ccc3c(c2)OCO3)nc1. The Bertz CT molecular complexity index is 655. The molecule has 2 heterocycles. The number of fused-ring (bicyclic) bond motifs is 1. The molecular formula is C15H14N2O4. The first-order valence-corrected chi connectivity index (χ1v) is 6.60. The number of carbonyl (C=O) groups is 1. The quantitative estimate of drug-likeness (QED) is 0.831. The third-order valence-electron chi connectivity index (χ3n) is 3.25. The van der Waals surface area contributed by atoms with Crippen molar-refractivity contribution in [3.63, 3.8) is 0 Å². The molecule has 0 bridgehead atoms. The molecule has 6 heteroatoms. The normalized spacial score (nSPS) is 12.4. The first-order valence-electron chi connectivity index (χ1n) is 6.60. The molecule has 0 aliphatic carbocycles. The van der Waals surface area contributed by atoms with Crippen LogP contribution in [0.2, 0.25) is 0 Å². The number of aryl methyl sites for hydroxylation is 2. The van der Waals surface area contributed by atoms with Crippen molar-refractivity contribution in [1.29, 1.82) is 0 Å². The van der Waals surface area contributed by atoms with Gasteiger partial charge in [0, 0.05) is 18.8 Å². The van der Waals surface area contributed by atoms with E-state index < -0.39 is 6.61 Å². The number of benzene rings is 1. The molecule has 0 saturated carbocycles. The van der Waals surface area contributed by atoms with E-state index in [2.05, 4.69) is 9.97 Å². The number of hydrogen-bond donors (Lipinski definition) is 1. The first kappa shape index (κ1) is 13.5. The molecule has 0 unspecified atom stereocenters. The largest absolute Gasteiger partial charge is 0.454 e. The topological polar surface area (TPSA) is 81.5 Å². The summed E-state index contributed by atoms with van der Waals surface area (Å²) in [5.41, 5.74) is 1.43. The molecule has 21 heavy (non-hydrogen) atoms. The van der Waals surface area contributed by atoms with Gasteiger partial charge >= 0.3 is 0 Å². The van der Waals surface area contributed by atoms with Crippen LogP contribution in [-0.4, -0.2) is 34.3 Å². The average molecular weight is 286 g/mol. The van der Waals surface area contributed by atoms with Gasteiger partial charge in [0.15, 0.2) is 17.3 Å². The predicted molar refractivity (Wildman–Crippen MR) is 73.4 cm³/mol. The maximum absolute atomic E-state index is 11.3. The van der Waals surface area contributed by atoms with Crippen LogP contribution in [0.15, 0.2) is 30.6 Å². The highest BCUT2D eigenvalue weighted by Crippen LogP contribution is 2.32. The Morgan fingerprint density at radius 3 is 2.67 bits per heavy atom. The van der Waals surface area contributed by atoms with Gasteiger partial charge in [-0.1, -0.05) is 6.07 Å². The van der Waals surface area contributed by atoms with E-state index in [4.69, 9.17) is 14.6 Å². The van der Waals surface area contributed by atoms with Gasteiger partial charge in [-0.15, -0.1) is 0 Å². The Morgan fingerprint density at radius 1 is 1.14 bits per heavy atom. The van der Waals surface area contributed by atoms with Crippen LogP contribution >= 0.6 is 0 Å². The van der Waals surface area contributed by atoms with E-state index in [1.54, 1.807) is 0 Å². The lowest BCUT2D eigenvalue weighted by Gasteiger charge is -2.03. The van der Waals surface area contributed by atoms with Crippen LogP contribution in [0.3, 0.4) is 0 Å². The minimum absolute atomic E-state index is 0.266. The zero-order valence-electron chi connectivity index (χ0n) is 11.3. The number of ketones is 1. The third-order valence-corrected chi connectivity index (χ3v) is 3.25. The van der Waals surface area contributed by atoms with Crippen molar-refractivity contribution in [1.82, 2.24) is 9.97 Å². The summed E-state index contributed by atoms with van der Waals surface area (Å²) in [6.07, 6.45) is 4.32. The number of aliphatic hydroxyl groups is 1. The van der Waals surface area contributed by atoms with E-state index >= 15 is 0 Å². The van der Waals surface area contributed by atoms with Gasteiger partial charge in [0.25, 0.3) is 0 Å². The molecule has 6 nitrogen and oxygen atoms in total. The Balaban J connectivity index is 1.63. The van der Waals surface area contributed by atoms with Crippen LogP contribution in [0.4, 0.5) is 0 Å². The van der Waals surface area contributed by atoms with Gasteiger partial charge in [-0.2, -0.15) is 0 Å². The van der Waals surface area contributed by atoms with E-state index in [0.717, 1.165) is 23.5 Å². The van der Waals surface area contributed by atoms with Crippen molar-refractivity contribution in [2.24, 2.45) is 0 Å². The second kappa shape index (κ2) is 5.88. The van der Waals surface area contributed by atoms with Crippen LogP contribution in [0.5, 0.6) is 11.5 Å². The Morgan fingerprint density at radius 2 is 1.90 bits per heavy atom. The Labute approximate surface area is 121 Å². The third kappa shape index (κ3) is 3.00. The fourth-order valence-corrected chi connectivity index (χ4v) is 2.07. The van der Waals surface area contributed by atoms with Gasteiger partial charge in [0.1, 0.15) is 12.4 Å². The molecule has 1 aromatic heterocycles. The average Bonchev–Trinajstić information content (AvgIpc) is 3.00. The number of rotatable bonds is 5. The highest BCUT2D eigenvalue weighted by atomic mass is 16.7. The zero-order valence-corrected chi connectivity index (χ0v) is 11.3. The van der Waals surface area contributed by atoms with Gasteiger partial charge < -0.3 is 14.6 Å². The van der Waals surface area contributed by atoms with E-state index in [1.807, 2.05) is 18.2 Å². The summed E-state index contributed by atoms with van der Waals surface area (Å²) in [4.78, 5) is 19.5. The highest BCUT2D eigenvalue weighted by molar-refractivity contribution is 5.96. The Kier molecular flexibility index (Phi) is 3.79. The number of nitrogens with zero attached hydrogens (tertiary/aromatic N) is 2. The van der Waals surface area contributed by atoms with E-state index in [-0.39, 0.29) is 12.6 Å². The number of aromatic nitrogens is 2. The zero-order chi connectivity index (χ0) is 14.7. The predicted octanol–water partition coefficient (Wildman–Crippen LogP) is 1.17. The molecule has 108 valence electrons. The van der Waals surface area contributed by atoms with E-state index in [0.29, 0.717) is 17.8 Å². The number of Topliss-reactive ketones (excluding diaryl/α,β-unsaturated/α-hetero) is 1. The van der Waals surface area contributed by atoms with Crippen molar-refractivity contribution in [3.8, 4) is 11.5 Å². The van der Waals surface area contributed by atoms with Crippen LogP contribution < -0.4 is 9.47 Å². The molecule has 0 spiro atoms. The molecule has 2 aromatic rings. The molecule has 3 rings (SSSR count). The second-order valence-electron chi connectivity index (χ2n) is 4.66. The van der Waals surface area contributed by atoms with Gasteiger partial charge in [0.2, 0.25) is 6.79 Å². The summed E-state index contributed by atoms with van der Waals surface area (Å²) < 4.78 is 10.6. The summed E-state index contributed by atoms with van der Waals surface area (Å²) in [5.74, 6) is 1.80. The van der Waals surface area contributed by atoms with E-state index in [1.165, 1.54) is 12.4 Å². The summed E-state index contributed by atoms with van der Waals surface area (Å²) in [5, 5.41) is 8.76. The molecule has 1 N–H and O–H groups in total. The van der Waals surface area contributed by atoms with Gasteiger partial charge in [-0.25, -0.2) is 9.97 Å². The lowest BCUT2D eigenvalue weighted by atomic mass is 10.1. The summed E-state index contributed by atoms with van der Waals surface area (Å²) >= 11 is 0. The molecule has 0 saturated heterocycles. The van der Waals surface area contributed by atoms with Crippen molar-refractivity contribution in [2.45, 2.75) is 12.8 Å². The molecule has 1 aliphatic rings. The van der Waals surface area contributed by atoms with Gasteiger partial charge in [-0.05, 0) is 24.1 Å². The van der Waals surface area contributed by atoms with E-state index in [9.17, 15) is 4.79 Å². The summed E-state index contributed by atoms with van der Waals surface area (Å²) in [6.45, 7) is -0.262. The van der Waals surface area contributed by atoms with Crippen molar-refractivity contribution >= 4 is 5.78 Å². The summed E-state index contributed by atoms with van der Waals surface area (Å²) in [7, 11) is 0. The molecular weight excluding hydrogens is 272 g/mol. The molecule has 0 amide bonds. The smallest absolute Gasteiger partial charge is 0.231 e. The standard InChI is InChI=1S/C15H14N2O4/c18-8-12(19)11-6-16-15(17-7-11)4-2-10-1-3-13-14(5-10)21-9-20-13/h1,3,5-7,18H,2,4,8-9H2. The first-order chi connectivity index (χ1) is 10.3. The number of carbonyl (C=O) groups excluding carboxylic acids is 1. The minimum atomic E-state index is -0.528. The fraction of sp³-hybridized carbons (Fsp3) is 0.267. The minimum Gasteiger partial charge on any atom is -0.454 e. The van der Waals surface area contributed by atoms with Gasteiger partial charge in [-0.3, -0.25) is 4.79 Å². The van der Waals surface area contributed by atoms with Crippen LogP contribution in [0, 0.1) is 0 Å². The lowest BCUT2D eigenvalue weighted by molar-refractivity contribution is 0.0903. The molecule has 0 atom stereocenters. The maximum atomic E-state index is 11.3. The second-order valence-corrected chi connectivity index (χ2v) is 4.66. The molecule has 1 aromatic carbocycles. The van der Waals surface area contributed by atoms with Crippen LogP contribution in [-0.2, 0) is 12.8 Å². The van der Waals surface area contributed by atoms with Crippen molar-refractivity contribution in [3.05, 3.63) is 47.5 Å². The lowest BCUT2D eigenvalue weighted by Crippen LogP contribution is -2.07. The van der Waals surface area contributed by atoms with Crippen molar-refractivity contribution < 1.29 is 19.4 Å². The fourth-order valence-electron chi connectivity index (χ4n) is 2.07.